The van der Waals surface area contributed by atoms with Gasteiger partial charge in [-0.3, -0.25) is 4.79 Å². The van der Waals surface area contributed by atoms with Crippen LogP contribution in [0.5, 0.6) is 0 Å². The summed E-state index contributed by atoms with van der Waals surface area (Å²) in [5.41, 5.74) is 2.16. The smallest absolute Gasteiger partial charge is 0.227 e. The second-order valence-electron chi connectivity index (χ2n) is 5.54. The summed E-state index contributed by atoms with van der Waals surface area (Å²) < 4.78 is 0. The molecule has 0 bridgehead atoms. The molecule has 1 heterocycles. The van der Waals surface area contributed by atoms with Crippen molar-refractivity contribution in [3.8, 4) is 0 Å². The second-order valence-corrected chi connectivity index (χ2v) is 5.54. The van der Waals surface area contributed by atoms with Crippen molar-refractivity contribution in [2.75, 3.05) is 13.1 Å². The molecule has 0 saturated carbocycles. The first-order chi connectivity index (χ1) is 8.53. The number of carbonyl (C=O) groups excluding carboxylic acids is 1. The van der Waals surface area contributed by atoms with Crippen molar-refractivity contribution in [3.05, 3.63) is 35.4 Å². The maximum Gasteiger partial charge on any atom is 0.227 e. The average molecular weight is 246 g/mol. The third-order valence-corrected chi connectivity index (χ3v) is 3.92. The number of hydrogen-bond acceptors (Lipinski definition) is 2. The summed E-state index contributed by atoms with van der Waals surface area (Å²) in [6, 6.07) is 8.27. The number of nitrogens with one attached hydrogen (secondary N) is 2. The molecule has 2 rings (SSSR count). The Hall–Kier alpha value is -1.35. The zero-order valence-corrected chi connectivity index (χ0v) is 11.4. The highest BCUT2D eigenvalue weighted by Crippen LogP contribution is 2.26. The number of rotatable bonds is 3. The van der Waals surface area contributed by atoms with Crippen molar-refractivity contribution in [1.82, 2.24) is 10.6 Å². The van der Waals surface area contributed by atoms with Gasteiger partial charge in [0.15, 0.2) is 0 Å². The number of benzene rings is 1. The van der Waals surface area contributed by atoms with Crippen LogP contribution in [0.1, 0.15) is 37.4 Å². The minimum absolute atomic E-state index is 0.0659. The van der Waals surface area contributed by atoms with E-state index in [1.165, 1.54) is 11.1 Å². The molecule has 0 radical (unpaired) electrons. The van der Waals surface area contributed by atoms with E-state index in [0.717, 1.165) is 19.5 Å². The molecular formula is C15H22N2O. The van der Waals surface area contributed by atoms with Crippen molar-refractivity contribution in [2.24, 2.45) is 5.41 Å². The monoisotopic (exact) mass is 246 g/mol. The maximum atomic E-state index is 12.3. The Kier molecular flexibility index (Phi) is 3.71. The van der Waals surface area contributed by atoms with E-state index in [-0.39, 0.29) is 17.4 Å². The summed E-state index contributed by atoms with van der Waals surface area (Å²) in [6.45, 7) is 7.87. The first-order valence-corrected chi connectivity index (χ1v) is 6.60. The number of carbonyl (C=O) groups is 1. The molecular weight excluding hydrogens is 224 g/mol. The van der Waals surface area contributed by atoms with Gasteiger partial charge in [-0.15, -0.1) is 0 Å². The van der Waals surface area contributed by atoms with Crippen LogP contribution in [-0.2, 0) is 4.79 Å². The van der Waals surface area contributed by atoms with E-state index in [1.54, 1.807) is 0 Å². The summed E-state index contributed by atoms with van der Waals surface area (Å²) in [7, 11) is 0. The number of amides is 1. The molecule has 1 aliphatic rings. The van der Waals surface area contributed by atoms with Gasteiger partial charge in [0, 0.05) is 6.54 Å². The highest BCUT2D eigenvalue weighted by molar-refractivity contribution is 5.83. The molecule has 1 aromatic carbocycles. The lowest BCUT2D eigenvalue weighted by Crippen LogP contribution is -2.41. The van der Waals surface area contributed by atoms with Crippen LogP contribution in [0.4, 0.5) is 0 Å². The summed E-state index contributed by atoms with van der Waals surface area (Å²) in [5.74, 6) is 0.156. The van der Waals surface area contributed by atoms with Gasteiger partial charge in [0.25, 0.3) is 0 Å². The molecule has 1 amide bonds. The predicted molar refractivity (Wildman–Crippen MR) is 73.3 cm³/mol. The van der Waals surface area contributed by atoms with Crippen molar-refractivity contribution >= 4 is 5.91 Å². The van der Waals surface area contributed by atoms with Gasteiger partial charge in [0.2, 0.25) is 5.91 Å². The van der Waals surface area contributed by atoms with Crippen molar-refractivity contribution < 1.29 is 4.79 Å². The van der Waals surface area contributed by atoms with Gasteiger partial charge in [-0.1, -0.05) is 24.3 Å². The average Bonchev–Trinajstić information content (AvgIpc) is 2.78. The van der Waals surface area contributed by atoms with E-state index < -0.39 is 0 Å². The zero-order valence-electron chi connectivity index (χ0n) is 11.4. The largest absolute Gasteiger partial charge is 0.349 e. The summed E-state index contributed by atoms with van der Waals surface area (Å²) in [5, 5.41) is 6.40. The van der Waals surface area contributed by atoms with Gasteiger partial charge in [0.1, 0.15) is 0 Å². The molecule has 0 spiro atoms. The van der Waals surface area contributed by atoms with E-state index >= 15 is 0 Å². The molecule has 1 fully saturated rings. The molecule has 18 heavy (non-hydrogen) atoms. The third kappa shape index (κ3) is 2.56. The highest BCUT2D eigenvalue weighted by Gasteiger charge is 2.36. The Morgan fingerprint density at radius 3 is 2.78 bits per heavy atom. The van der Waals surface area contributed by atoms with E-state index in [1.807, 2.05) is 26.0 Å². The Bertz CT molecular complexity index is 436. The number of hydrogen-bond donors (Lipinski definition) is 2. The van der Waals surface area contributed by atoms with Crippen LogP contribution in [0.25, 0.3) is 0 Å². The van der Waals surface area contributed by atoms with Crippen LogP contribution in [0.2, 0.25) is 0 Å². The lowest BCUT2D eigenvalue weighted by atomic mass is 9.88. The molecule has 1 aliphatic heterocycles. The fraction of sp³-hybridized carbons (Fsp3) is 0.533. The lowest BCUT2D eigenvalue weighted by Gasteiger charge is -2.25. The highest BCUT2D eigenvalue weighted by atomic mass is 16.2. The van der Waals surface area contributed by atoms with Crippen LogP contribution in [0, 0.1) is 12.3 Å². The molecule has 2 atom stereocenters. The Balaban J connectivity index is 2.06. The maximum absolute atomic E-state index is 12.3. The van der Waals surface area contributed by atoms with E-state index in [9.17, 15) is 4.79 Å². The standard InChI is InChI=1S/C15H22N2O/c1-11-6-4-5-7-13(11)12(2)17-14(18)15(3)8-9-16-10-15/h4-7,12,16H,8-10H2,1-3H3,(H,17,18). The van der Waals surface area contributed by atoms with Gasteiger partial charge in [-0.2, -0.15) is 0 Å². The van der Waals surface area contributed by atoms with E-state index in [2.05, 4.69) is 29.7 Å². The molecule has 2 unspecified atom stereocenters. The van der Waals surface area contributed by atoms with Crippen LogP contribution in [0.3, 0.4) is 0 Å². The summed E-state index contributed by atoms with van der Waals surface area (Å²) >= 11 is 0. The second kappa shape index (κ2) is 5.11. The van der Waals surface area contributed by atoms with Gasteiger partial charge >= 0.3 is 0 Å². The van der Waals surface area contributed by atoms with E-state index in [0.29, 0.717) is 0 Å². The number of aryl methyl sites for hydroxylation is 1. The first-order valence-electron chi connectivity index (χ1n) is 6.60. The Morgan fingerprint density at radius 1 is 1.44 bits per heavy atom. The Morgan fingerprint density at radius 2 is 2.17 bits per heavy atom. The third-order valence-electron chi connectivity index (χ3n) is 3.92. The Labute approximate surface area is 109 Å². The van der Waals surface area contributed by atoms with Crippen LogP contribution >= 0.6 is 0 Å². The lowest BCUT2D eigenvalue weighted by molar-refractivity contribution is -0.129. The molecule has 0 aliphatic carbocycles. The fourth-order valence-corrected chi connectivity index (χ4v) is 2.53. The molecule has 1 aromatic rings. The normalized spacial score (nSPS) is 24.8. The molecule has 3 nitrogen and oxygen atoms in total. The van der Waals surface area contributed by atoms with Crippen molar-refractivity contribution in [2.45, 2.75) is 33.2 Å². The molecule has 0 aromatic heterocycles. The minimum Gasteiger partial charge on any atom is -0.349 e. The topological polar surface area (TPSA) is 41.1 Å². The first kappa shape index (κ1) is 13.1. The molecule has 3 heteroatoms. The summed E-state index contributed by atoms with van der Waals surface area (Å²) in [6.07, 6.45) is 0.916. The van der Waals surface area contributed by atoms with Crippen LogP contribution in [0.15, 0.2) is 24.3 Å². The minimum atomic E-state index is -0.253. The van der Waals surface area contributed by atoms with Crippen LogP contribution < -0.4 is 10.6 Å². The van der Waals surface area contributed by atoms with Gasteiger partial charge in [-0.05, 0) is 44.9 Å². The molecule has 1 saturated heterocycles. The van der Waals surface area contributed by atoms with Gasteiger partial charge < -0.3 is 10.6 Å². The predicted octanol–water partition coefficient (Wildman–Crippen LogP) is 2.17. The summed E-state index contributed by atoms with van der Waals surface area (Å²) in [4.78, 5) is 12.3. The molecule has 98 valence electrons. The van der Waals surface area contributed by atoms with Crippen LogP contribution in [-0.4, -0.2) is 19.0 Å². The molecule has 2 N–H and O–H groups in total. The van der Waals surface area contributed by atoms with Crippen molar-refractivity contribution in [3.63, 3.8) is 0 Å². The van der Waals surface area contributed by atoms with Crippen molar-refractivity contribution in [1.29, 1.82) is 0 Å². The van der Waals surface area contributed by atoms with E-state index in [4.69, 9.17) is 0 Å². The SMILES string of the molecule is Cc1ccccc1C(C)NC(=O)C1(C)CCNC1. The van der Waals surface area contributed by atoms with Gasteiger partial charge in [0.05, 0.1) is 11.5 Å². The quantitative estimate of drug-likeness (QED) is 0.858. The fourth-order valence-electron chi connectivity index (χ4n) is 2.53. The zero-order chi connectivity index (χ0) is 13.2. The van der Waals surface area contributed by atoms with Gasteiger partial charge in [-0.25, -0.2) is 0 Å².